The van der Waals surface area contributed by atoms with Crippen LogP contribution in [0.1, 0.15) is 38.1 Å². The molecule has 0 fully saturated rings. The van der Waals surface area contributed by atoms with Gasteiger partial charge in [0, 0.05) is 44.6 Å². The number of rotatable bonds is 9. The van der Waals surface area contributed by atoms with Gasteiger partial charge in [-0.1, -0.05) is 18.2 Å². The summed E-state index contributed by atoms with van der Waals surface area (Å²) in [5.74, 6) is -2.64. The molecule has 2 N–H and O–H groups in total. The molecule has 12 nitrogen and oxygen atoms in total. The third-order valence-electron chi connectivity index (χ3n) is 5.65. The summed E-state index contributed by atoms with van der Waals surface area (Å²) in [6.07, 6.45) is 3.99. The summed E-state index contributed by atoms with van der Waals surface area (Å²) in [6, 6.07) is 10.1. The number of nitrogens with zero attached hydrogens (tertiary/aromatic N) is 6. The van der Waals surface area contributed by atoms with Gasteiger partial charge < -0.3 is 19.9 Å². The van der Waals surface area contributed by atoms with Gasteiger partial charge >= 0.3 is 5.97 Å². The Bertz CT molecular complexity index is 1440. The summed E-state index contributed by atoms with van der Waals surface area (Å²) >= 11 is 0. The summed E-state index contributed by atoms with van der Waals surface area (Å²) in [5.41, 5.74) is 0.945. The third-order valence-corrected chi connectivity index (χ3v) is 5.65. The molecule has 0 saturated carbocycles. The number of ketones is 1. The molecular weight excluding hydrogens is 466 g/mol. The van der Waals surface area contributed by atoms with Gasteiger partial charge in [-0.2, -0.15) is 5.10 Å². The molecule has 0 bridgehead atoms. The molecule has 3 heterocycles. The maximum absolute atomic E-state index is 13.1. The Hall–Kier alpha value is -4.87. The monoisotopic (exact) mass is 489 g/mol. The molecule has 2 amide bonds. The lowest BCUT2D eigenvalue weighted by Crippen LogP contribution is -2.42. The van der Waals surface area contributed by atoms with Crippen molar-refractivity contribution >= 4 is 34.6 Å². The minimum absolute atomic E-state index is 0.0523. The number of nitrogens with one attached hydrogen (secondary N) is 1. The van der Waals surface area contributed by atoms with Gasteiger partial charge in [-0.25, -0.2) is 19.4 Å². The van der Waals surface area contributed by atoms with Crippen molar-refractivity contribution in [2.24, 2.45) is 0 Å². The molecule has 12 heteroatoms. The molecule has 0 aliphatic carbocycles. The molecule has 3 aromatic heterocycles. The topological polar surface area (TPSA) is 154 Å². The van der Waals surface area contributed by atoms with Crippen molar-refractivity contribution in [1.82, 2.24) is 34.5 Å². The number of hydrogen-bond donors (Lipinski definition) is 2. The number of likely N-dealkylation sites (N-methyl/N-ethyl adjacent to an activating group) is 2. The number of Topliss-reactive ketones (excluding diaryl/α,β-unsaturated/α-hetero) is 1. The molecule has 36 heavy (non-hydrogen) atoms. The van der Waals surface area contributed by atoms with E-state index in [1.54, 1.807) is 38.2 Å². The van der Waals surface area contributed by atoms with Crippen molar-refractivity contribution in [1.29, 1.82) is 0 Å². The van der Waals surface area contributed by atoms with E-state index >= 15 is 0 Å². The molecule has 0 saturated heterocycles. The standard InChI is InChI=1S/C24H23N7O5/c1-3-30(12-11-29(2)22(33)15-7-5-4-6-8-15)23(34)20(32)16-13-25-19-18(16)26-14-27-21(19)31-10-9-17(28-31)24(35)36/h4-10,13-14,25H,3,11-12H2,1-2H3,(H,35,36). The Morgan fingerprint density at radius 1 is 1.06 bits per heavy atom. The molecule has 4 rings (SSSR count). The van der Waals surface area contributed by atoms with Gasteiger partial charge in [-0.15, -0.1) is 0 Å². The molecule has 0 atom stereocenters. The van der Waals surface area contributed by atoms with Crippen LogP contribution in [0.2, 0.25) is 0 Å². The Morgan fingerprint density at radius 3 is 2.47 bits per heavy atom. The number of carboxylic acids is 1. The number of aromatic amines is 1. The van der Waals surface area contributed by atoms with Gasteiger partial charge in [-0.05, 0) is 25.1 Å². The van der Waals surface area contributed by atoms with Crippen LogP contribution in [0, 0.1) is 0 Å². The van der Waals surface area contributed by atoms with Gasteiger partial charge in [0.1, 0.15) is 17.4 Å². The van der Waals surface area contributed by atoms with E-state index in [0.29, 0.717) is 11.1 Å². The van der Waals surface area contributed by atoms with Gasteiger partial charge in [0.25, 0.3) is 17.6 Å². The van der Waals surface area contributed by atoms with Gasteiger partial charge in [0.05, 0.1) is 5.56 Å². The zero-order valence-corrected chi connectivity index (χ0v) is 19.6. The lowest BCUT2D eigenvalue weighted by atomic mass is 10.1. The van der Waals surface area contributed by atoms with Crippen LogP contribution in [0.4, 0.5) is 0 Å². The molecule has 184 valence electrons. The number of amides is 2. The van der Waals surface area contributed by atoms with Crippen LogP contribution in [0.3, 0.4) is 0 Å². The second kappa shape index (κ2) is 10.2. The Balaban J connectivity index is 1.51. The first-order valence-electron chi connectivity index (χ1n) is 11.1. The highest BCUT2D eigenvalue weighted by Crippen LogP contribution is 2.21. The highest BCUT2D eigenvalue weighted by molar-refractivity contribution is 6.44. The summed E-state index contributed by atoms with van der Waals surface area (Å²) in [6.45, 7) is 2.43. The number of fused-ring (bicyclic) bond motifs is 1. The minimum Gasteiger partial charge on any atom is -0.476 e. The molecule has 0 aliphatic heterocycles. The van der Waals surface area contributed by atoms with Crippen LogP contribution in [0.5, 0.6) is 0 Å². The number of carbonyl (C=O) groups is 4. The highest BCUT2D eigenvalue weighted by Gasteiger charge is 2.27. The highest BCUT2D eigenvalue weighted by atomic mass is 16.4. The van der Waals surface area contributed by atoms with E-state index in [1.807, 2.05) is 6.07 Å². The number of carboxylic acid groups (broad SMARTS) is 1. The average Bonchev–Trinajstić information content (AvgIpc) is 3.56. The Morgan fingerprint density at radius 2 is 1.81 bits per heavy atom. The molecule has 4 aromatic rings. The molecule has 0 radical (unpaired) electrons. The van der Waals surface area contributed by atoms with Crippen LogP contribution in [-0.4, -0.2) is 89.9 Å². The zero-order valence-electron chi connectivity index (χ0n) is 19.6. The summed E-state index contributed by atoms with van der Waals surface area (Å²) in [5, 5.41) is 13.1. The van der Waals surface area contributed by atoms with Crippen LogP contribution in [0.25, 0.3) is 16.9 Å². The van der Waals surface area contributed by atoms with Crippen molar-refractivity contribution in [3.8, 4) is 5.82 Å². The summed E-state index contributed by atoms with van der Waals surface area (Å²) in [7, 11) is 1.64. The minimum atomic E-state index is -1.19. The first kappa shape index (κ1) is 24.3. The smallest absolute Gasteiger partial charge is 0.356 e. The molecular formula is C24H23N7O5. The SMILES string of the molecule is CCN(CCN(C)C(=O)c1ccccc1)C(=O)C(=O)c1c[nH]c2c(-n3ccc(C(=O)O)n3)ncnc12. The van der Waals surface area contributed by atoms with E-state index in [-0.39, 0.29) is 48.1 Å². The van der Waals surface area contributed by atoms with E-state index in [0.717, 1.165) is 0 Å². The van der Waals surface area contributed by atoms with Crippen molar-refractivity contribution in [2.75, 3.05) is 26.7 Å². The lowest BCUT2D eigenvalue weighted by Gasteiger charge is -2.24. The number of carbonyl (C=O) groups excluding carboxylic acids is 3. The van der Waals surface area contributed by atoms with E-state index in [4.69, 9.17) is 5.11 Å². The first-order valence-corrected chi connectivity index (χ1v) is 11.1. The molecule has 0 spiro atoms. The lowest BCUT2D eigenvalue weighted by molar-refractivity contribution is -0.126. The van der Waals surface area contributed by atoms with Crippen molar-refractivity contribution in [3.05, 3.63) is 71.9 Å². The second-order valence-corrected chi connectivity index (χ2v) is 7.88. The molecule has 1 aromatic carbocycles. The fourth-order valence-electron chi connectivity index (χ4n) is 3.66. The van der Waals surface area contributed by atoms with E-state index < -0.39 is 17.7 Å². The van der Waals surface area contributed by atoms with Crippen LogP contribution in [0.15, 0.2) is 55.1 Å². The second-order valence-electron chi connectivity index (χ2n) is 7.88. The van der Waals surface area contributed by atoms with Crippen molar-refractivity contribution < 1.29 is 24.3 Å². The van der Waals surface area contributed by atoms with E-state index in [2.05, 4.69) is 20.1 Å². The van der Waals surface area contributed by atoms with E-state index in [1.165, 1.54) is 39.3 Å². The first-order chi connectivity index (χ1) is 17.3. The van der Waals surface area contributed by atoms with Crippen LogP contribution < -0.4 is 0 Å². The number of benzene rings is 1. The van der Waals surface area contributed by atoms with Crippen molar-refractivity contribution in [3.63, 3.8) is 0 Å². The zero-order chi connectivity index (χ0) is 25.8. The maximum Gasteiger partial charge on any atom is 0.356 e. The predicted octanol–water partition coefficient (Wildman–Crippen LogP) is 1.65. The third kappa shape index (κ3) is 4.69. The number of hydrogen-bond acceptors (Lipinski definition) is 7. The number of aromatic nitrogens is 5. The Labute approximate surface area is 205 Å². The normalized spacial score (nSPS) is 10.8. The van der Waals surface area contributed by atoms with Crippen LogP contribution in [-0.2, 0) is 4.79 Å². The molecule has 0 unspecified atom stereocenters. The number of aromatic carboxylic acids is 1. The quantitative estimate of drug-likeness (QED) is 0.266. The Kier molecular flexibility index (Phi) is 6.86. The van der Waals surface area contributed by atoms with Gasteiger partial charge in [0.15, 0.2) is 11.5 Å². The number of H-pyrrole nitrogens is 1. The fraction of sp³-hybridized carbons (Fsp3) is 0.208. The average molecular weight is 489 g/mol. The van der Waals surface area contributed by atoms with E-state index in [9.17, 15) is 19.2 Å². The summed E-state index contributed by atoms with van der Waals surface area (Å²) in [4.78, 5) is 63.9. The summed E-state index contributed by atoms with van der Waals surface area (Å²) < 4.78 is 1.25. The van der Waals surface area contributed by atoms with Crippen molar-refractivity contribution in [2.45, 2.75) is 6.92 Å². The fourth-order valence-corrected chi connectivity index (χ4v) is 3.66. The maximum atomic E-state index is 13.1. The largest absolute Gasteiger partial charge is 0.476 e. The predicted molar refractivity (Wildman–Crippen MR) is 128 cm³/mol. The van der Waals surface area contributed by atoms with Crippen LogP contribution >= 0.6 is 0 Å². The van der Waals surface area contributed by atoms with Gasteiger partial charge in [-0.3, -0.25) is 14.4 Å². The van der Waals surface area contributed by atoms with Gasteiger partial charge in [0.2, 0.25) is 0 Å². The molecule has 0 aliphatic rings.